The van der Waals surface area contributed by atoms with Crippen LogP contribution in [0.1, 0.15) is 22.3 Å². The summed E-state index contributed by atoms with van der Waals surface area (Å²) in [4.78, 5) is 5.21. The molecule has 0 amide bonds. The van der Waals surface area contributed by atoms with E-state index in [0.29, 0.717) is 0 Å². The number of hydrogen-bond donors (Lipinski definition) is 0. The molecule has 0 atom stereocenters. The van der Waals surface area contributed by atoms with E-state index in [1.54, 1.807) is 0 Å². The molecule has 1 aliphatic rings. The van der Waals surface area contributed by atoms with Gasteiger partial charge in [0.2, 0.25) is 0 Å². The average Bonchev–Trinajstić information content (AvgIpc) is 3.70. The summed E-state index contributed by atoms with van der Waals surface area (Å²) < 4.78 is 2.44. The zero-order valence-corrected chi connectivity index (χ0v) is 27.4. The standard InChI is InChI=1S/C48H32N2/c1-4-17-33(18-5-1)43-31-36(32-44(49-43)34-19-6-2-7-20-34)50-45-29-15-12-25-39(45)47-42(28-16-30-46(47)50)48(35-21-8-3-9-22-35)40-26-13-10-23-37(40)38-24-11-14-27-41(38)48/h1-32H. The van der Waals surface area contributed by atoms with Gasteiger partial charge < -0.3 is 4.57 Å². The molecule has 0 spiro atoms. The molecule has 7 aromatic carbocycles. The highest BCUT2D eigenvalue weighted by Crippen LogP contribution is 2.58. The van der Waals surface area contributed by atoms with Crippen molar-refractivity contribution in [3.8, 4) is 39.3 Å². The van der Waals surface area contributed by atoms with Crippen LogP contribution >= 0.6 is 0 Å². The van der Waals surface area contributed by atoms with Gasteiger partial charge in [0.05, 0.1) is 33.5 Å². The third kappa shape index (κ3) is 4.12. The van der Waals surface area contributed by atoms with E-state index in [1.807, 2.05) is 0 Å². The summed E-state index contributed by atoms with van der Waals surface area (Å²) in [5.41, 5.74) is 14.8. The number of aromatic nitrogens is 2. The molecule has 0 saturated carbocycles. The topological polar surface area (TPSA) is 17.8 Å². The number of para-hydroxylation sites is 1. The van der Waals surface area contributed by atoms with Crippen molar-refractivity contribution in [2.24, 2.45) is 0 Å². The quantitative estimate of drug-likeness (QED) is 0.184. The van der Waals surface area contributed by atoms with Gasteiger partial charge in [-0.2, -0.15) is 0 Å². The van der Waals surface area contributed by atoms with Gasteiger partial charge in [-0.1, -0.05) is 170 Å². The first-order valence-electron chi connectivity index (χ1n) is 17.2. The average molecular weight is 637 g/mol. The molecule has 0 fully saturated rings. The van der Waals surface area contributed by atoms with Gasteiger partial charge in [-0.3, -0.25) is 0 Å². The lowest BCUT2D eigenvalue weighted by molar-refractivity contribution is 0.777. The van der Waals surface area contributed by atoms with Gasteiger partial charge in [0.1, 0.15) is 0 Å². The van der Waals surface area contributed by atoms with Gasteiger partial charge in [0.25, 0.3) is 0 Å². The van der Waals surface area contributed by atoms with Crippen LogP contribution in [0.3, 0.4) is 0 Å². The van der Waals surface area contributed by atoms with Gasteiger partial charge >= 0.3 is 0 Å². The van der Waals surface area contributed by atoms with E-state index in [2.05, 4.69) is 199 Å². The monoisotopic (exact) mass is 636 g/mol. The Labute approximate surface area is 291 Å². The van der Waals surface area contributed by atoms with E-state index in [-0.39, 0.29) is 0 Å². The van der Waals surface area contributed by atoms with Crippen molar-refractivity contribution in [2.75, 3.05) is 0 Å². The molecule has 2 aromatic heterocycles. The molecule has 0 saturated heterocycles. The lowest BCUT2D eigenvalue weighted by Crippen LogP contribution is -2.28. The summed E-state index contributed by atoms with van der Waals surface area (Å²) in [6.45, 7) is 0. The lowest BCUT2D eigenvalue weighted by Gasteiger charge is -2.34. The maximum Gasteiger partial charge on any atom is 0.0730 e. The maximum atomic E-state index is 5.21. The second kappa shape index (κ2) is 11.3. The Kier molecular flexibility index (Phi) is 6.43. The molecule has 0 bridgehead atoms. The molecule has 50 heavy (non-hydrogen) atoms. The van der Waals surface area contributed by atoms with Crippen LogP contribution in [0, 0.1) is 0 Å². The van der Waals surface area contributed by atoms with Crippen molar-refractivity contribution >= 4 is 21.8 Å². The van der Waals surface area contributed by atoms with Crippen molar-refractivity contribution in [3.63, 3.8) is 0 Å². The first-order chi connectivity index (χ1) is 24.8. The molecule has 234 valence electrons. The number of benzene rings is 7. The molecule has 0 N–H and O–H groups in total. The molecule has 0 radical (unpaired) electrons. The Bertz CT molecular complexity index is 2590. The van der Waals surface area contributed by atoms with Gasteiger partial charge in [-0.25, -0.2) is 4.98 Å². The molecular weight excluding hydrogens is 605 g/mol. The molecule has 0 aliphatic heterocycles. The van der Waals surface area contributed by atoms with E-state index in [1.165, 1.54) is 55.2 Å². The minimum atomic E-state index is -0.508. The fraction of sp³-hybridized carbons (Fsp3) is 0.0208. The van der Waals surface area contributed by atoms with E-state index in [9.17, 15) is 0 Å². The molecule has 0 unspecified atom stereocenters. The van der Waals surface area contributed by atoms with Gasteiger partial charge in [-0.15, -0.1) is 0 Å². The zero-order valence-electron chi connectivity index (χ0n) is 27.4. The highest BCUT2D eigenvalue weighted by atomic mass is 15.0. The Morgan fingerprint density at radius 2 is 0.880 bits per heavy atom. The highest BCUT2D eigenvalue weighted by molar-refractivity contribution is 6.12. The number of hydrogen-bond acceptors (Lipinski definition) is 1. The first kappa shape index (κ1) is 28.5. The first-order valence-corrected chi connectivity index (χ1v) is 17.2. The molecule has 2 heteroatoms. The molecule has 1 aliphatic carbocycles. The fourth-order valence-electron chi connectivity index (χ4n) is 8.45. The Morgan fingerprint density at radius 3 is 1.50 bits per heavy atom. The van der Waals surface area contributed by atoms with Crippen molar-refractivity contribution in [3.05, 3.63) is 216 Å². The van der Waals surface area contributed by atoms with Gasteiger partial charge in [0, 0.05) is 21.9 Å². The second-order valence-corrected chi connectivity index (χ2v) is 13.1. The van der Waals surface area contributed by atoms with Gasteiger partial charge in [0.15, 0.2) is 0 Å². The second-order valence-electron chi connectivity index (χ2n) is 13.1. The molecule has 10 rings (SSSR count). The smallest absolute Gasteiger partial charge is 0.0730 e. The van der Waals surface area contributed by atoms with Crippen LogP contribution in [0.5, 0.6) is 0 Å². The summed E-state index contributed by atoms with van der Waals surface area (Å²) in [5.74, 6) is 0. The van der Waals surface area contributed by atoms with E-state index < -0.39 is 5.41 Å². The fourth-order valence-corrected chi connectivity index (χ4v) is 8.45. The Hall–Kier alpha value is -6.51. The summed E-state index contributed by atoms with van der Waals surface area (Å²) >= 11 is 0. The highest BCUT2D eigenvalue weighted by Gasteiger charge is 2.47. The van der Waals surface area contributed by atoms with Crippen molar-refractivity contribution in [2.45, 2.75) is 5.41 Å². The number of rotatable bonds is 5. The zero-order chi connectivity index (χ0) is 33.1. The molecule has 2 heterocycles. The maximum absolute atomic E-state index is 5.21. The third-order valence-corrected chi connectivity index (χ3v) is 10.5. The Morgan fingerprint density at radius 1 is 0.400 bits per heavy atom. The van der Waals surface area contributed by atoms with Gasteiger partial charge in [-0.05, 0) is 57.6 Å². The van der Waals surface area contributed by atoms with Crippen LogP contribution in [-0.4, -0.2) is 9.55 Å². The normalized spacial score (nSPS) is 13.0. The predicted molar refractivity (Wildman–Crippen MR) is 207 cm³/mol. The van der Waals surface area contributed by atoms with Crippen LogP contribution < -0.4 is 0 Å². The SMILES string of the molecule is c1ccc(-c2cc(-n3c4ccccc4c4c(C5(c6ccccc6)c6ccccc6-c6ccccc65)cccc43)cc(-c3ccccc3)n2)cc1. The van der Waals surface area contributed by atoms with Crippen molar-refractivity contribution in [1.82, 2.24) is 9.55 Å². The third-order valence-electron chi connectivity index (χ3n) is 10.5. The van der Waals surface area contributed by atoms with Crippen molar-refractivity contribution < 1.29 is 0 Å². The summed E-state index contributed by atoms with van der Waals surface area (Å²) in [6.07, 6.45) is 0. The largest absolute Gasteiger partial charge is 0.309 e. The molecule has 2 nitrogen and oxygen atoms in total. The van der Waals surface area contributed by atoms with E-state index in [4.69, 9.17) is 4.98 Å². The van der Waals surface area contributed by atoms with Crippen LogP contribution in [0.4, 0.5) is 0 Å². The molecular formula is C48H32N2. The molecule has 9 aromatic rings. The summed E-state index contributed by atoms with van der Waals surface area (Å²) in [7, 11) is 0. The Balaban J connectivity index is 1.34. The van der Waals surface area contributed by atoms with Crippen molar-refractivity contribution in [1.29, 1.82) is 0 Å². The van der Waals surface area contributed by atoms with Crippen LogP contribution in [0.2, 0.25) is 0 Å². The number of fused-ring (bicyclic) bond motifs is 6. The van der Waals surface area contributed by atoms with Crippen LogP contribution in [0.15, 0.2) is 194 Å². The predicted octanol–water partition coefficient (Wildman–Crippen LogP) is 11.9. The number of nitrogens with zero attached hydrogens (tertiary/aromatic N) is 2. The summed E-state index contributed by atoms with van der Waals surface area (Å²) in [5, 5.41) is 2.49. The number of pyridine rings is 1. The lowest BCUT2D eigenvalue weighted by atomic mass is 9.66. The minimum absolute atomic E-state index is 0.508. The van der Waals surface area contributed by atoms with E-state index >= 15 is 0 Å². The van der Waals surface area contributed by atoms with E-state index in [0.717, 1.165) is 28.2 Å². The minimum Gasteiger partial charge on any atom is -0.309 e. The van der Waals surface area contributed by atoms with Crippen LogP contribution in [-0.2, 0) is 5.41 Å². The van der Waals surface area contributed by atoms with Crippen LogP contribution in [0.25, 0.3) is 61.1 Å². The summed E-state index contributed by atoms with van der Waals surface area (Å²) in [6, 6.07) is 70.3.